The van der Waals surface area contributed by atoms with E-state index in [1.165, 1.54) is 88.2 Å². The topological polar surface area (TPSA) is 113 Å². The Hall–Kier alpha value is -0.307. The van der Waals surface area contributed by atoms with Crippen molar-refractivity contribution in [2.75, 3.05) is 0 Å². The number of carboxylic acid groups (broad SMARTS) is 1. The molecule has 0 aliphatic carbocycles. The number of aliphatic carboxylic acids is 1. The molecule has 1 aromatic carbocycles. The van der Waals surface area contributed by atoms with Crippen LogP contribution in [0.2, 0.25) is 0 Å². The first-order valence-electron chi connectivity index (χ1n) is 11.9. The minimum Gasteiger partial charge on any atom is -2.00 e. The summed E-state index contributed by atoms with van der Waals surface area (Å²) in [5, 5.41) is 8.52. The maximum Gasteiger partial charge on any atom is 2.00 e. The molecule has 0 amide bonds. The average molecular weight is 585 g/mol. The first-order chi connectivity index (χ1) is 14.6. The predicted molar refractivity (Wildman–Crippen MR) is 149 cm³/mol. The van der Waals surface area contributed by atoms with Gasteiger partial charge in [0.2, 0.25) is 0 Å². The van der Waals surface area contributed by atoms with Crippen LogP contribution in [-0.2, 0) is 29.7 Å². The summed E-state index contributed by atoms with van der Waals surface area (Å²) in [5.74, 6) is -0.653. The summed E-state index contributed by atoms with van der Waals surface area (Å²) < 4.78 is 2.08. The average Bonchev–Trinajstić information content (AvgIpc) is 3.11. The molecule has 2 aromatic rings. The number of aromatic amines is 1. The number of unbranched alkanes of at least 4 members (excludes halogenated alkanes) is 14. The maximum absolute atomic E-state index is 10.3. The monoisotopic (exact) mass is 583 g/mol. The molecule has 4 N–H and O–H groups in total. The van der Waals surface area contributed by atoms with E-state index in [1.54, 1.807) is 11.3 Å². The van der Waals surface area contributed by atoms with Gasteiger partial charge in [-0.05, 0) is 30.8 Å². The van der Waals surface area contributed by atoms with Gasteiger partial charge >= 0.3 is 25.4 Å². The molecule has 2 rings (SSSR count). The number of hydrogen-bond acceptors (Lipinski definition) is 3. The zero-order valence-corrected chi connectivity index (χ0v) is 26.5. The van der Waals surface area contributed by atoms with Gasteiger partial charge in [0.25, 0.3) is 0 Å². The Labute approximate surface area is 235 Å². The van der Waals surface area contributed by atoms with Crippen molar-refractivity contribution in [3.05, 3.63) is 28.2 Å². The van der Waals surface area contributed by atoms with Crippen LogP contribution in [0.4, 0.5) is 0 Å². The summed E-state index contributed by atoms with van der Waals surface area (Å²) in [5.41, 5.74) is 1.14. The third kappa shape index (κ3) is 23.4. The van der Waals surface area contributed by atoms with Crippen LogP contribution in [0, 0.1) is 3.95 Å². The molecule has 0 unspecified atom stereocenters. The fourth-order valence-corrected chi connectivity index (χ4v) is 4.66. The van der Waals surface area contributed by atoms with Crippen LogP contribution in [0.25, 0.3) is 10.2 Å². The van der Waals surface area contributed by atoms with Crippen molar-refractivity contribution in [1.29, 1.82) is 0 Å². The summed E-state index contributed by atoms with van der Waals surface area (Å²) in [4.78, 5) is 13.4. The van der Waals surface area contributed by atoms with Gasteiger partial charge < -0.3 is 21.0 Å². The van der Waals surface area contributed by atoms with Gasteiger partial charge in [0.05, 0.1) is 10.2 Å². The second kappa shape index (κ2) is 28.9. The zero-order valence-electron chi connectivity index (χ0n) is 20.9. The van der Waals surface area contributed by atoms with Crippen LogP contribution < -0.4 is 0 Å². The van der Waals surface area contributed by atoms with Crippen LogP contribution in [0.15, 0.2) is 24.3 Å². The van der Waals surface area contributed by atoms with Gasteiger partial charge in [0, 0.05) is 6.42 Å². The van der Waals surface area contributed by atoms with Gasteiger partial charge in [0.1, 0.15) is 0 Å². The fraction of sp³-hybridized carbons (Fsp3) is 0.680. The quantitative estimate of drug-likeness (QED) is 0.117. The molecule has 0 atom stereocenters. The summed E-state index contributed by atoms with van der Waals surface area (Å²) in [6.45, 7) is 2.27. The first-order valence-corrected chi connectivity index (χ1v) is 13.2. The molecule has 0 bridgehead atoms. The maximum atomic E-state index is 10.3. The molecule has 9 heteroatoms. The molecule has 0 fully saturated rings. The Morgan fingerprint density at radius 2 is 1.26 bits per heavy atom. The molecular formula is C25H45NO4S3Zn. The van der Waals surface area contributed by atoms with Gasteiger partial charge in [-0.2, -0.15) is 13.5 Å². The fourth-order valence-electron chi connectivity index (χ4n) is 3.54. The number of fused-ring (bicyclic) bond motifs is 1. The number of benzene rings is 1. The number of nitrogens with one attached hydrogen (secondary N) is 1. The van der Waals surface area contributed by atoms with Crippen molar-refractivity contribution >= 4 is 53.2 Å². The van der Waals surface area contributed by atoms with Crippen LogP contribution in [0.5, 0.6) is 0 Å². The molecular weight excluding hydrogens is 540 g/mol. The number of carbonyl (C=O) groups is 1. The SMILES string of the molecule is CCCCCCCCCCCCCCCCCC(=O)O.O.S.S=c1[nH]c2ccccc2s1.[O-2].[Zn+2]. The van der Waals surface area contributed by atoms with Crippen molar-refractivity contribution in [3.63, 3.8) is 0 Å². The van der Waals surface area contributed by atoms with Crippen LogP contribution >= 0.6 is 37.1 Å². The van der Waals surface area contributed by atoms with Crippen molar-refractivity contribution in [3.8, 4) is 0 Å². The van der Waals surface area contributed by atoms with Crippen LogP contribution in [0.1, 0.15) is 110 Å². The number of thiazole rings is 1. The second-order valence-corrected chi connectivity index (χ2v) is 9.82. The molecule has 34 heavy (non-hydrogen) atoms. The van der Waals surface area contributed by atoms with Crippen molar-refractivity contribution < 1.29 is 40.3 Å². The smallest absolute Gasteiger partial charge is 2.00 e. The van der Waals surface area contributed by atoms with E-state index in [-0.39, 0.29) is 43.9 Å². The van der Waals surface area contributed by atoms with Crippen molar-refractivity contribution in [2.45, 2.75) is 110 Å². The van der Waals surface area contributed by atoms with E-state index in [4.69, 9.17) is 17.3 Å². The number of hydrogen-bond donors (Lipinski definition) is 2. The summed E-state index contributed by atoms with van der Waals surface area (Å²) in [7, 11) is 0. The van der Waals surface area contributed by atoms with Gasteiger partial charge in [-0.15, -0.1) is 11.3 Å². The second-order valence-electron chi connectivity index (χ2n) is 8.10. The molecule has 0 spiro atoms. The molecule has 0 aliphatic rings. The van der Waals surface area contributed by atoms with Crippen molar-refractivity contribution in [2.24, 2.45) is 0 Å². The Morgan fingerprint density at radius 3 is 1.68 bits per heavy atom. The molecule has 194 valence electrons. The summed E-state index contributed by atoms with van der Waals surface area (Å²) in [6.07, 6.45) is 20.2. The summed E-state index contributed by atoms with van der Waals surface area (Å²) >= 11 is 6.59. The molecule has 1 heterocycles. The van der Waals surface area contributed by atoms with E-state index in [2.05, 4.69) is 18.0 Å². The van der Waals surface area contributed by atoms with Gasteiger partial charge in [0.15, 0.2) is 3.95 Å². The van der Waals surface area contributed by atoms with Crippen LogP contribution in [0.3, 0.4) is 0 Å². The number of rotatable bonds is 16. The predicted octanol–water partition coefficient (Wildman–Crippen LogP) is 8.46. The zero-order chi connectivity index (χ0) is 21.9. The van der Waals surface area contributed by atoms with E-state index in [1.807, 2.05) is 18.2 Å². The van der Waals surface area contributed by atoms with E-state index in [0.29, 0.717) is 6.42 Å². The third-order valence-corrected chi connectivity index (χ3v) is 6.54. The van der Waals surface area contributed by atoms with E-state index in [0.717, 1.165) is 22.3 Å². The minimum atomic E-state index is -0.653. The molecule has 0 aliphatic heterocycles. The largest absolute Gasteiger partial charge is 2.00 e. The minimum absolute atomic E-state index is 0. The standard InChI is InChI=1S/C18H36O2.C7H5NS2.H2O.O.H2S.Zn/c1-2-3-4-5-6-7-8-9-10-11-12-13-14-15-16-17-18(19)20;9-7-8-5-3-1-2-4-6(5)10-7;;;;/h2-17H2,1H3,(H,19,20);1-4H,(H,8,9);1H2;;1H2;/q;;;-2;;+2. The van der Waals surface area contributed by atoms with E-state index < -0.39 is 5.97 Å². The van der Waals surface area contributed by atoms with Gasteiger partial charge in [-0.3, -0.25) is 4.79 Å². The molecule has 0 saturated heterocycles. The van der Waals surface area contributed by atoms with E-state index >= 15 is 0 Å². The third-order valence-electron chi connectivity index (χ3n) is 5.32. The molecule has 5 nitrogen and oxygen atoms in total. The normalized spacial score (nSPS) is 9.44. The first kappa shape index (κ1) is 40.8. The van der Waals surface area contributed by atoms with Gasteiger partial charge in [-0.25, -0.2) is 0 Å². The number of H-pyrrole nitrogens is 1. The van der Waals surface area contributed by atoms with Gasteiger partial charge in [-0.1, -0.05) is 109 Å². The Kier molecular flexibility index (Phi) is 34.8. The molecule has 0 radical (unpaired) electrons. The number of para-hydroxylation sites is 1. The molecule has 0 saturated carbocycles. The van der Waals surface area contributed by atoms with Crippen molar-refractivity contribution in [1.82, 2.24) is 4.98 Å². The van der Waals surface area contributed by atoms with E-state index in [9.17, 15) is 4.79 Å². The number of carboxylic acids is 1. The summed E-state index contributed by atoms with van der Waals surface area (Å²) in [6, 6.07) is 8.11. The Balaban J connectivity index is -0.000000272. The Morgan fingerprint density at radius 1 is 0.853 bits per heavy atom. The Bertz CT molecular complexity index is 704. The molecule has 1 aromatic heterocycles. The van der Waals surface area contributed by atoms with Crippen LogP contribution in [-0.4, -0.2) is 21.5 Å². The number of aromatic nitrogens is 1.